The fourth-order valence-electron chi connectivity index (χ4n) is 2.88. The van der Waals surface area contributed by atoms with E-state index in [1.165, 1.54) is 5.56 Å². The minimum Gasteiger partial charge on any atom is -0.307 e. The molecular formula is C18H18N4. The van der Waals surface area contributed by atoms with Crippen LogP contribution in [0.2, 0.25) is 0 Å². The second kappa shape index (κ2) is 4.98. The third-order valence-corrected chi connectivity index (χ3v) is 4.11. The van der Waals surface area contributed by atoms with Crippen LogP contribution in [0.5, 0.6) is 0 Å². The number of fused-ring (bicyclic) bond motifs is 3. The van der Waals surface area contributed by atoms with Gasteiger partial charge in [-0.15, -0.1) is 0 Å². The number of benzene rings is 2. The van der Waals surface area contributed by atoms with E-state index in [4.69, 9.17) is 10.1 Å². The van der Waals surface area contributed by atoms with Crippen LogP contribution in [0.25, 0.3) is 0 Å². The molecule has 2 aliphatic rings. The molecule has 0 aliphatic carbocycles. The average molecular weight is 290 g/mol. The summed E-state index contributed by atoms with van der Waals surface area (Å²) >= 11 is 0. The quantitative estimate of drug-likeness (QED) is 0.808. The zero-order chi connectivity index (χ0) is 15.1. The molecular weight excluding hydrogens is 272 g/mol. The van der Waals surface area contributed by atoms with E-state index in [9.17, 15) is 0 Å². The van der Waals surface area contributed by atoms with Crippen LogP contribution in [0, 0.1) is 6.92 Å². The van der Waals surface area contributed by atoms with Crippen LogP contribution in [0.1, 0.15) is 16.7 Å². The van der Waals surface area contributed by atoms with E-state index in [0.717, 1.165) is 41.6 Å². The van der Waals surface area contributed by atoms with Crippen LogP contribution >= 0.6 is 0 Å². The molecule has 0 radical (unpaired) electrons. The van der Waals surface area contributed by atoms with Gasteiger partial charge in [0.25, 0.3) is 0 Å². The van der Waals surface area contributed by atoms with Gasteiger partial charge in [0.15, 0.2) is 5.84 Å². The number of aliphatic imine (C=N–C) groups is 1. The van der Waals surface area contributed by atoms with E-state index in [1.807, 2.05) is 24.2 Å². The Bertz CT molecular complexity index is 774. The van der Waals surface area contributed by atoms with Crippen LogP contribution in [-0.2, 0) is 0 Å². The third kappa shape index (κ3) is 2.08. The lowest BCUT2D eigenvalue weighted by molar-refractivity contribution is 0.303. The van der Waals surface area contributed by atoms with Gasteiger partial charge in [-0.25, -0.2) is 4.99 Å². The Kier molecular flexibility index (Phi) is 2.96. The maximum Gasteiger partial charge on any atom is 0.163 e. The number of hydrogen-bond donors (Lipinski definition) is 0. The maximum atomic E-state index is 4.90. The predicted molar refractivity (Wildman–Crippen MR) is 89.7 cm³/mol. The van der Waals surface area contributed by atoms with Crippen molar-refractivity contribution in [1.82, 2.24) is 9.91 Å². The van der Waals surface area contributed by atoms with E-state index in [2.05, 4.69) is 48.2 Å². The standard InChI is InChI=1S/C18H18N4/c1-13-7-9-14(10-8-13)17-19-16-6-4-3-5-15(16)18-20-21(2)11-12-22(17)18/h3-10H,11-12H2,1-2H3. The summed E-state index contributed by atoms with van der Waals surface area (Å²) in [6.45, 7) is 3.90. The largest absolute Gasteiger partial charge is 0.307 e. The van der Waals surface area contributed by atoms with E-state index in [-0.39, 0.29) is 0 Å². The molecule has 4 nitrogen and oxygen atoms in total. The molecule has 2 aliphatic heterocycles. The minimum absolute atomic E-state index is 0.899. The van der Waals surface area contributed by atoms with E-state index in [1.54, 1.807) is 0 Å². The van der Waals surface area contributed by atoms with Gasteiger partial charge in [0.05, 0.1) is 12.2 Å². The smallest absolute Gasteiger partial charge is 0.163 e. The van der Waals surface area contributed by atoms with Crippen LogP contribution in [-0.4, -0.2) is 41.7 Å². The highest BCUT2D eigenvalue weighted by atomic mass is 15.5. The summed E-state index contributed by atoms with van der Waals surface area (Å²) in [5.41, 5.74) is 4.48. The highest BCUT2D eigenvalue weighted by molar-refractivity contribution is 6.20. The van der Waals surface area contributed by atoms with Crippen molar-refractivity contribution in [2.45, 2.75) is 6.92 Å². The van der Waals surface area contributed by atoms with Crippen molar-refractivity contribution >= 4 is 17.4 Å². The van der Waals surface area contributed by atoms with Crippen molar-refractivity contribution in [2.24, 2.45) is 10.1 Å². The Morgan fingerprint density at radius 1 is 0.909 bits per heavy atom. The normalized spacial score (nSPS) is 16.6. The highest BCUT2D eigenvalue weighted by Crippen LogP contribution is 2.29. The highest BCUT2D eigenvalue weighted by Gasteiger charge is 2.30. The van der Waals surface area contributed by atoms with E-state index >= 15 is 0 Å². The summed E-state index contributed by atoms with van der Waals surface area (Å²) in [5, 5.41) is 6.73. The first-order chi connectivity index (χ1) is 10.7. The Balaban J connectivity index is 1.90. The summed E-state index contributed by atoms with van der Waals surface area (Å²) in [6, 6.07) is 16.7. The molecule has 4 heteroatoms. The molecule has 0 bridgehead atoms. The van der Waals surface area contributed by atoms with Crippen molar-refractivity contribution in [2.75, 3.05) is 20.1 Å². The Hall–Kier alpha value is -2.62. The number of aryl methyl sites for hydroxylation is 1. The maximum absolute atomic E-state index is 4.90. The number of rotatable bonds is 1. The zero-order valence-corrected chi connectivity index (χ0v) is 12.8. The first-order valence-corrected chi connectivity index (χ1v) is 7.55. The Morgan fingerprint density at radius 2 is 1.68 bits per heavy atom. The fourth-order valence-corrected chi connectivity index (χ4v) is 2.88. The van der Waals surface area contributed by atoms with E-state index < -0.39 is 0 Å². The molecule has 0 saturated heterocycles. The molecule has 0 saturated carbocycles. The lowest BCUT2D eigenvalue weighted by atomic mass is 10.0. The lowest BCUT2D eigenvalue weighted by Crippen LogP contribution is -2.48. The summed E-state index contributed by atoms with van der Waals surface area (Å²) in [5.74, 6) is 1.99. The molecule has 110 valence electrons. The second-order valence-corrected chi connectivity index (χ2v) is 5.78. The topological polar surface area (TPSA) is 31.2 Å². The summed E-state index contributed by atoms with van der Waals surface area (Å²) in [4.78, 5) is 7.13. The fraction of sp³-hybridized carbons (Fsp3) is 0.222. The van der Waals surface area contributed by atoms with E-state index in [0.29, 0.717) is 0 Å². The van der Waals surface area contributed by atoms with Gasteiger partial charge < -0.3 is 4.90 Å². The van der Waals surface area contributed by atoms with Gasteiger partial charge in [0.2, 0.25) is 0 Å². The third-order valence-electron chi connectivity index (χ3n) is 4.11. The van der Waals surface area contributed by atoms with Crippen molar-refractivity contribution in [1.29, 1.82) is 0 Å². The molecule has 0 N–H and O–H groups in total. The zero-order valence-electron chi connectivity index (χ0n) is 12.8. The van der Waals surface area contributed by atoms with Gasteiger partial charge in [-0.05, 0) is 19.1 Å². The first-order valence-electron chi connectivity index (χ1n) is 7.55. The summed E-state index contributed by atoms with van der Waals surface area (Å²) < 4.78 is 0. The molecule has 2 heterocycles. The SMILES string of the molecule is Cc1ccc(C2=Nc3ccccc3C3=NN(C)CCN23)cc1. The van der Waals surface area contributed by atoms with Gasteiger partial charge >= 0.3 is 0 Å². The van der Waals surface area contributed by atoms with Gasteiger partial charge in [0, 0.05) is 24.7 Å². The van der Waals surface area contributed by atoms with Crippen LogP contribution in [0.15, 0.2) is 58.6 Å². The van der Waals surface area contributed by atoms with Crippen LogP contribution in [0.4, 0.5) is 5.69 Å². The van der Waals surface area contributed by atoms with Crippen molar-refractivity contribution < 1.29 is 0 Å². The number of amidine groups is 2. The molecule has 0 aromatic heterocycles. The molecule has 0 amide bonds. The monoisotopic (exact) mass is 290 g/mol. The first kappa shape index (κ1) is 13.1. The van der Waals surface area contributed by atoms with Crippen molar-refractivity contribution in [3.8, 4) is 0 Å². The molecule has 0 unspecified atom stereocenters. The predicted octanol–water partition coefficient (Wildman–Crippen LogP) is 3.00. The molecule has 0 spiro atoms. The molecule has 2 aromatic rings. The molecule has 22 heavy (non-hydrogen) atoms. The van der Waals surface area contributed by atoms with Gasteiger partial charge in [-0.2, -0.15) is 5.10 Å². The van der Waals surface area contributed by atoms with Crippen molar-refractivity contribution in [3.05, 3.63) is 65.2 Å². The van der Waals surface area contributed by atoms with Gasteiger partial charge in [0.1, 0.15) is 5.84 Å². The summed E-state index contributed by atoms with van der Waals surface area (Å²) in [7, 11) is 2.02. The minimum atomic E-state index is 0.899. The van der Waals surface area contributed by atoms with Crippen LogP contribution in [0.3, 0.4) is 0 Å². The Morgan fingerprint density at radius 3 is 2.50 bits per heavy atom. The number of nitrogens with zero attached hydrogens (tertiary/aromatic N) is 4. The average Bonchev–Trinajstić information content (AvgIpc) is 2.55. The van der Waals surface area contributed by atoms with Gasteiger partial charge in [-0.1, -0.05) is 42.0 Å². The molecule has 2 aromatic carbocycles. The second-order valence-electron chi connectivity index (χ2n) is 5.78. The molecule has 0 fully saturated rings. The number of likely N-dealkylation sites (N-methyl/N-ethyl adjacent to an activating group) is 1. The summed E-state index contributed by atoms with van der Waals surface area (Å²) in [6.07, 6.45) is 0. The van der Waals surface area contributed by atoms with Crippen LogP contribution < -0.4 is 0 Å². The number of hydrogen-bond acceptors (Lipinski definition) is 4. The number of hydrazone groups is 1. The van der Waals surface area contributed by atoms with Gasteiger partial charge in [-0.3, -0.25) is 5.01 Å². The number of para-hydroxylation sites is 1. The molecule has 4 rings (SSSR count). The lowest BCUT2D eigenvalue weighted by Gasteiger charge is -2.36. The Labute approximate surface area is 130 Å². The molecule has 0 atom stereocenters. The van der Waals surface area contributed by atoms with Crippen molar-refractivity contribution in [3.63, 3.8) is 0 Å².